The third kappa shape index (κ3) is 10.0. The molecule has 0 spiro atoms. The van der Waals surface area contributed by atoms with Crippen LogP contribution in [0.3, 0.4) is 0 Å². The SMILES string of the molecule is COc1ccc(C(OC[C@H]2O[C@@H](N3C(C)=NC4C(=O)NC(=NC(=O)C(C)C)N=C43)C[C@@H]2OP(OCCC#N)N(C(C)C)C(C)C)(c2ccccc2)c2ccc(OC)cc2)cc1. The second kappa shape index (κ2) is 20.2. The van der Waals surface area contributed by atoms with Gasteiger partial charge < -0.3 is 28.0 Å². The quantitative estimate of drug-likeness (QED) is 0.0798. The standard InChI is InChI=1S/C45H56N7O8P/c1-28(2)42(53)49-44-48-41-40(43(54)50-44)47-31(7)51(41)39-26-37(60-61(58-25-13-24-46)52(29(3)4)30(5)6)38(59-39)27-57-45(32-14-11-10-12-15-32,33-16-20-35(55-8)21-17-33)34-18-22-36(56-9)23-19-34/h10-12,14-23,28-30,37-40H,13,25-27H2,1-9H3,(H,49,50,53,54)/t37-,38+,39+,40?,61?/m0/s1. The molecule has 3 aromatic carbocycles. The summed E-state index contributed by atoms with van der Waals surface area (Å²) in [6, 6.07) is 26.9. The summed E-state index contributed by atoms with van der Waals surface area (Å²) in [5, 5.41) is 12.1. The predicted molar refractivity (Wildman–Crippen MR) is 233 cm³/mol. The van der Waals surface area contributed by atoms with Crippen LogP contribution in [0.15, 0.2) is 93.8 Å². The van der Waals surface area contributed by atoms with Crippen molar-refractivity contribution in [1.29, 1.82) is 5.26 Å². The monoisotopic (exact) mass is 853 g/mol. The van der Waals surface area contributed by atoms with Crippen LogP contribution in [0.5, 0.6) is 11.5 Å². The fraction of sp³-hybridized carbons (Fsp3) is 0.467. The van der Waals surface area contributed by atoms with Crippen molar-refractivity contribution < 1.29 is 37.6 Å². The van der Waals surface area contributed by atoms with E-state index in [2.05, 4.69) is 58.7 Å². The molecule has 3 aliphatic heterocycles. The topological polar surface area (TPSA) is 169 Å². The Balaban J connectivity index is 1.44. The molecule has 15 nitrogen and oxygen atoms in total. The first-order valence-corrected chi connectivity index (χ1v) is 21.7. The zero-order valence-corrected chi connectivity index (χ0v) is 37.2. The molecule has 16 heteroatoms. The van der Waals surface area contributed by atoms with Gasteiger partial charge in [-0.25, -0.2) is 4.67 Å². The van der Waals surface area contributed by atoms with Crippen LogP contribution in [-0.4, -0.2) is 103 Å². The number of hydrogen-bond acceptors (Lipinski definition) is 12. The molecule has 3 aromatic rings. The lowest BCUT2D eigenvalue weighted by Crippen LogP contribution is -2.52. The molecule has 324 valence electrons. The van der Waals surface area contributed by atoms with Crippen LogP contribution in [-0.2, 0) is 33.7 Å². The summed E-state index contributed by atoms with van der Waals surface area (Å²) >= 11 is 0. The lowest BCUT2D eigenvalue weighted by Gasteiger charge is -2.39. The molecule has 5 atom stereocenters. The average molecular weight is 854 g/mol. The Bertz CT molecular complexity index is 2070. The van der Waals surface area contributed by atoms with Gasteiger partial charge in [-0.05, 0) is 75.6 Å². The summed E-state index contributed by atoms with van der Waals surface area (Å²) in [6.07, 6.45) is -1.52. The number of carbonyl (C=O) groups excluding carboxylic acids is 2. The molecule has 2 unspecified atom stereocenters. The molecule has 0 saturated carbocycles. The molecule has 0 aromatic heterocycles. The zero-order valence-electron chi connectivity index (χ0n) is 36.3. The Morgan fingerprint density at radius 2 is 1.56 bits per heavy atom. The Kier molecular flexibility index (Phi) is 15.1. The first-order valence-electron chi connectivity index (χ1n) is 20.6. The Labute approximate surface area is 359 Å². The van der Waals surface area contributed by atoms with Crippen molar-refractivity contribution >= 4 is 38.0 Å². The fourth-order valence-electron chi connectivity index (χ4n) is 7.66. The molecule has 61 heavy (non-hydrogen) atoms. The molecule has 1 saturated heterocycles. The molecular formula is C45H56N7O8P. The van der Waals surface area contributed by atoms with Gasteiger partial charge >= 0.3 is 0 Å². The van der Waals surface area contributed by atoms with E-state index in [1.807, 2.05) is 78.9 Å². The molecule has 1 fully saturated rings. The van der Waals surface area contributed by atoms with Gasteiger partial charge in [0.1, 0.15) is 35.3 Å². The second-order valence-electron chi connectivity index (χ2n) is 15.7. The van der Waals surface area contributed by atoms with Gasteiger partial charge in [-0.2, -0.15) is 15.2 Å². The first kappa shape index (κ1) is 45.5. The Hall–Kier alpha value is -5.07. The van der Waals surface area contributed by atoms with Crippen molar-refractivity contribution in [3.05, 3.63) is 95.6 Å². The molecule has 3 heterocycles. The van der Waals surface area contributed by atoms with Gasteiger partial charge in [0.25, 0.3) is 20.3 Å². The van der Waals surface area contributed by atoms with Crippen molar-refractivity contribution in [3.63, 3.8) is 0 Å². The Morgan fingerprint density at radius 3 is 2.10 bits per heavy atom. The summed E-state index contributed by atoms with van der Waals surface area (Å²) in [5.74, 6) is 0.856. The first-order chi connectivity index (χ1) is 29.3. The molecule has 0 bridgehead atoms. The van der Waals surface area contributed by atoms with Gasteiger partial charge in [-0.3, -0.25) is 24.8 Å². The van der Waals surface area contributed by atoms with Crippen LogP contribution in [0.25, 0.3) is 0 Å². The molecule has 2 amide bonds. The lowest BCUT2D eigenvalue weighted by atomic mass is 9.80. The van der Waals surface area contributed by atoms with Crippen LogP contribution < -0.4 is 14.8 Å². The highest BCUT2D eigenvalue weighted by molar-refractivity contribution is 7.44. The van der Waals surface area contributed by atoms with E-state index in [1.54, 1.807) is 39.9 Å². The predicted octanol–water partition coefficient (Wildman–Crippen LogP) is 6.96. The van der Waals surface area contributed by atoms with Crippen molar-refractivity contribution in [2.45, 2.75) is 103 Å². The van der Waals surface area contributed by atoms with E-state index in [-0.39, 0.29) is 37.7 Å². The average Bonchev–Trinajstić information content (AvgIpc) is 3.80. The summed E-state index contributed by atoms with van der Waals surface area (Å²) in [6.45, 7) is 13.8. The number of amides is 2. The third-order valence-electron chi connectivity index (χ3n) is 10.6. The molecule has 0 aliphatic carbocycles. The molecule has 6 rings (SSSR count). The van der Waals surface area contributed by atoms with Crippen molar-refractivity contribution in [1.82, 2.24) is 14.9 Å². The van der Waals surface area contributed by atoms with Crippen LogP contribution in [0.4, 0.5) is 0 Å². The van der Waals surface area contributed by atoms with E-state index >= 15 is 0 Å². The number of nitrogens with one attached hydrogen (secondary N) is 1. The number of nitriles is 1. The van der Waals surface area contributed by atoms with Crippen LogP contribution in [0, 0.1) is 17.2 Å². The van der Waals surface area contributed by atoms with Crippen molar-refractivity contribution in [2.75, 3.05) is 27.4 Å². The van der Waals surface area contributed by atoms with Crippen molar-refractivity contribution in [2.24, 2.45) is 20.9 Å². The minimum Gasteiger partial charge on any atom is -0.497 e. The number of fused-ring (bicyclic) bond motifs is 1. The van der Waals surface area contributed by atoms with Gasteiger partial charge in [0.05, 0.1) is 46.0 Å². The fourth-order valence-corrected chi connectivity index (χ4v) is 9.42. The summed E-state index contributed by atoms with van der Waals surface area (Å²) < 4.78 is 41.1. The van der Waals surface area contributed by atoms with Crippen LogP contribution in [0.2, 0.25) is 0 Å². The largest absolute Gasteiger partial charge is 0.497 e. The van der Waals surface area contributed by atoms with Gasteiger partial charge in [0.15, 0.2) is 11.9 Å². The summed E-state index contributed by atoms with van der Waals surface area (Å²) in [7, 11) is 1.56. The van der Waals surface area contributed by atoms with Crippen LogP contribution >= 0.6 is 8.53 Å². The molecule has 1 N–H and O–H groups in total. The maximum atomic E-state index is 13.4. The second-order valence-corrected chi connectivity index (χ2v) is 17.1. The van der Waals surface area contributed by atoms with Gasteiger partial charge in [0, 0.05) is 24.4 Å². The van der Waals surface area contributed by atoms with Gasteiger partial charge in [-0.15, -0.1) is 0 Å². The molecule has 3 aliphatic rings. The summed E-state index contributed by atoms with van der Waals surface area (Å²) in [5.41, 5.74) is 1.42. The van der Waals surface area contributed by atoms with E-state index in [0.717, 1.165) is 16.7 Å². The number of aliphatic imine (C=N–C) groups is 3. The number of methoxy groups -OCH3 is 2. The number of guanidine groups is 1. The minimum atomic E-state index is -1.70. The lowest BCUT2D eigenvalue weighted by molar-refractivity contribution is -0.120. The van der Waals surface area contributed by atoms with Crippen molar-refractivity contribution in [3.8, 4) is 17.6 Å². The highest BCUT2D eigenvalue weighted by Gasteiger charge is 2.50. The summed E-state index contributed by atoms with van der Waals surface area (Å²) in [4.78, 5) is 41.2. The van der Waals surface area contributed by atoms with E-state index in [1.165, 1.54) is 0 Å². The van der Waals surface area contributed by atoms with E-state index < -0.39 is 56.3 Å². The van der Waals surface area contributed by atoms with Gasteiger partial charge in [0.2, 0.25) is 5.96 Å². The maximum Gasteiger partial charge on any atom is 0.259 e. The normalized spacial score (nSPS) is 21.4. The zero-order chi connectivity index (χ0) is 43.8. The third-order valence-corrected chi connectivity index (χ3v) is 12.7. The Morgan fingerprint density at radius 1 is 0.967 bits per heavy atom. The minimum absolute atomic E-state index is 0.0366. The van der Waals surface area contributed by atoms with Crippen LogP contribution in [0.1, 0.15) is 78.0 Å². The number of amidine groups is 2. The molecular weight excluding hydrogens is 798 g/mol. The molecule has 0 radical (unpaired) electrons. The van der Waals surface area contributed by atoms with E-state index in [4.69, 9.17) is 28.0 Å². The smallest absolute Gasteiger partial charge is 0.259 e. The number of ether oxygens (including phenoxy) is 4. The van der Waals surface area contributed by atoms with E-state index in [9.17, 15) is 14.9 Å². The number of hydrogen-bond donors (Lipinski definition) is 1. The van der Waals surface area contributed by atoms with E-state index in [0.29, 0.717) is 29.6 Å². The van der Waals surface area contributed by atoms with Gasteiger partial charge in [-0.1, -0.05) is 68.4 Å². The highest BCUT2D eigenvalue weighted by atomic mass is 31.2. The number of rotatable bonds is 18. The number of carbonyl (C=O) groups is 2. The number of benzene rings is 3. The maximum absolute atomic E-state index is 13.4. The highest BCUT2D eigenvalue weighted by Crippen LogP contribution is 2.50. The number of nitrogens with zero attached hydrogens (tertiary/aromatic N) is 6.